The summed E-state index contributed by atoms with van der Waals surface area (Å²) in [6, 6.07) is 7.66. The third-order valence-electron chi connectivity index (χ3n) is 2.92. The van der Waals surface area contributed by atoms with Crippen LogP contribution in [0.3, 0.4) is 0 Å². The van der Waals surface area contributed by atoms with Gasteiger partial charge in [0.05, 0.1) is 0 Å². The molecule has 1 unspecified atom stereocenters. The maximum Gasteiger partial charge on any atom is 0.328 e. The van der Waals surface area contributed by atoms with E-state index in [0.717, 1.165) is 30.0 Å². The summed E-state index contributed by atoms with van der Waals surface area (Å²) >= 11 is 0. The van der Waals surface area contributed by atoms with Crippen LogP contribution in [0.5, 0.6) is 0 Å². The lowest BCUT2D eigenvalue weighted by molar-refractivity contribution is -0.131. The second-order valence-electron chi connectivity index (χ2n) is 4.01. The van der Waals surface area contributed by atoms with E-state index in [4.69, 9.17) is 5.11 Å². The highest BCUT2D eigenvalue weighted by molar-refractivity contribution is 5.81. The highest BCUT2D eigenvalue weighted by atomic mass is 16.4. The van der Waals surface area contributed by atoms with Gasteiger partial charge in [-0.05, 0) is 36.0 Å². The first-order valence-electron chi connectivity index (χ1n) is 5.38. The van der Waals surface area contributed by atoms with Gasteiger partial charge in [0.25, 0.3) is 0 Å². The van der Waals surface area contributed by atoms with E-state index in [2.05, 4.69) is 0 Å². The van der Waals surface area contributed by atoms with Crippen LogP contribution in [0.2, 0.25) is 0 Å². The van der Waals surface area contributed by atoms with Crippen LogP contribution < -0.4 is 0 Å². The van der Waals surface area contributed by atoms with E-state index in [9.17, 15) is 9.90 Å². The Morgan fingerprint density at radius 1 is 1.31 bits per heavy atom. The van der Waals surface area contributed by atoms with Gasteiger partial charge in [-0.2, -0.15) is 0 Å². The molecule has 3 nitrogen and oxygen atoms in total. The molecule has 3 heteroatoms. The minimum absolute atomic E-state index is 0.595. The van der Waals surface area contributed by atoms with E-state index < -0.39 is 12.1 Å². The van der Waals surface area contributed by atoms with E-state index in [1.54, 1.807) is 0 Å². The molecular weight excluding hydrogens is 204 g/mol. The van der Waals surface area contributed by atoms with E-state index >= 15 is 0 Å². The number of carbonyl (C=O) groups is 1. The molecule has 0 amide bonds. The standard InChI is InChI=1S/C13H14O3/c14-12(15)8-10-6-3-5-9-4-1-2-7-11(9)13(10)16/h1-2,4,7-8,13,16H,3,5-6H2,(H,14,15)/b10-8+. The molecule has 84 valence electrons. The largest absolute Gasteiger partial charge is 0.478 e. The summed E-state index contributed by atoms with van der Waals surface area (Å²) in [6.45, 7) is 0. The van der Waals surface area contributed by atoms with Gasteiger partial charge < -0.3 is 10.2 Å². The van der Waals surface area contributed by atoms with E-state index in [1.165, 1.54) is 0 Å². The lowest BCUT2D eigenvalue weighted by Gasteiger charge is -2.13. The van der Waals surface area contributed by atoms with Crippen molar-refractivity contribution < 1.29 is 15.0 Å². The van der Waals surface area contributed by atoms with Gasteiger partial charge >= 0.3 is 5.97 Å². The highest BCUT2D eigenvalue weighted by Gasteiger charge is 2.20. The predicted molar refractivity (Wildman–Crippen MR) is 60.1 cm³/mol. The first kappa shape index (κ1) is 10.9. The fourth-order valence-corrected chi connectivity index (χ4v) is 2.16. The Balaban J connectivity index is 2.41. The topological polar surface area (TPSA) is 57.5 Å². The number of aryl methyl sites for hydroxylation is 1. The maximum atomic E-state index is 10.6. The molecule has 0 spiro atoms. The smallest absolute Gasteiger partial charge is 0.328 e. The van der Waals surface area contributed by atoms with Crippen molar-refractivity contribution in [2.75, 3.05) is 0 Å². The zero-order valence-corrected chi connectivity index (χ0v) is 8.89. The minimum atomic E-state index is -0.992. The molecule has 1 atom stereocenters. The van der Waals surface area contributed by atoms with Crippen molar-refractivity contribution in [1.29, 1.82) is 0 Å². The molecule has 1 aromatic carbocycles. The van der Waals surface area contributed by atoms with E-state index in [0.29, 0.717) is 12.0 Å². The average molecular weight is 218 g/mol. The number of hydrogen-bond acceptors (Lipinski definition) is 2. The summed E-state index contributed by atoms with van der Waals surface area (Å²) in [5, 5.41) is 18.9. The van der Waals surface area contributed by atoms with Crippen molar-refractivity contribution in [3.8, 4) is 0 Å². The number of aliphatic hydroxyl groups is 1. The number of benzene rings is 1. The Bertz CT molecular complexity index is 435. The molecule has 1 aliphatic carbocycles. The Morgan fingerprint density at radius 2 is 2.06 bits per heavy atom. The molecule has 0 fully saturated rings. The fourth-order valence-electron chi connectivity index (χ4n) is 2.16. The van der Waals surface area contributed by atoms with Crippen LogP contribution in [0.4, 0.5) is 0 Å². The highest BCUT2D eigenvalue weighted by Crippen LogP contribution is 2.32. The van der Waals surface area contributed by atoms with Gasteiger partial charge in [-0.25, -0.2) is 4.79 Å². The van der Waals surface area contributed by atoms with Crippen molar-refractivity contribution in [1.82, 2.24) is 0 Å². The number of aliphatic hydroxyl groups excluding tert-OH is 1. The normalized spacial score (nSPS) is 22.6. The number of hydrogen-bond donors (Lipinski definition) is 2. The fraction of sp³-hybridized carbons (Fsp3) is 0.308. The molecule has 1 aromatic rings. The van der Waals surface area contributed by atoms with Crippen LogP contribution in [0, 0.1) is 0 Å². The zero-order chi connectivity index (χ0) is 11.5. The number of rotatable bonds is 1. The van der Waals surface area contributed by atoms with Gasteiger partial charge in [-0.1, -0.05) is 24.3 Å². The first-order valence-corrected chi connectivity index (χ1v) is 5.38. The minimum Gasteiger partial charge on any atom is -0.478 e. The van der Waals surface area contributed by atoms with Crippen molar-refractivity contribution in [3.05, 3.63) is 47.0 Å². The molecule has 0 saturated heterocycles. The quantitative estimate of drug-likeness (QED) is 0.560. The molecular formula is C13H14O3. The lowest BCUT2D eigenvalue weighted by Crippen LogP contribution is -2.04. The Hall–Kier alpha value is -1.61. The summed E-state index contributed by atoms with van der Waals surface area (Å²) in [6.07, 6.45) is 2.78. The van der Waals surface area contributed by atoms with E-state index in [-0.39, 0.29) is 0 Å². The van der Waals surface area contributed by atoms with Crippen molar-refractivity contribution in [2.24, 2.45) is 0 Å². The Labute approximate surface area is 94.0 Å². The summed E-state index contributed by atoms with van der Waals surface area (Å²) in [7, 11) is 0. The monoisotopic (exact) mass is 218 g/mol. The third-order valence-corrected chi connectivity index (χ3v) is 2.92. The molecule has 2 rings (SSSR count). The van der Waals surface area contributed by atoms with E-state index in [1.807, 2.05) is 24.3 Å². The molecule has 1 aliphatic rings. The van der Waals surface area contributed by atoms with Crippen LogP contribution in [0.1, 0.15) is 30.1 Å². The summed E-state index contributed by atoms with van der Waals surface area (Å²) < 4.78 is 0. The van der Waals surface area contributed by atoms with Gasteiger partial charge in [0, 0.05) is 6.08 Å². The molecule has 0 saturated carbocycles. The van der Waals surface area contributed by atoms with Gasteiger partial charge in [-0.3, -0.25) is 0 Å². The third kappa shape index (κ3) is 2.14. The number of carboxylic acids is 1. The second kappa shape index (κ2) is 4.49. The van der Waals surface area contributed by atoms with Gasteiger partial charge in [0.1, 0.15) is 6.10 Å². The predicted octanol–water partition coefficient (Wildman–Crippen LogP) is 2.07. The molecule has 16 heavy (non-hydrogen) atoms. The summed E-state index contributed by atoms with van der Waals surface area (Å²) in [5.74, 6) is -0.992. The summed E-state index contributed by atoms with van der Waals surface area (Å²) in [4.78, 5) is 10.6. The first-order chi connectivity index (χ1) is 7.68. The van der Waals surface area contributed by atoms with Crippen LogP contribution >= 0.6 is 0 Å². The van der Waals surface area contributed by atoms with Gasteiger partial charge in [-0.15, -0.1) is 0 Å². The number of fused-ring (bicyclic) bond motifs is 1. The average Bonchev–Trinajstić information content (AvgIpc) is 2.40. The molecule has 0 aliphatic heterocycles. The Morgan fingerprint density at radius 3 is 2.81 bits per heavy atom. The Kier molecular flexibility index (Phi) is 3.06. The second-order valence-corrected chi connectivity index (χ2v) is 4.01. The maximum absolute atomic E-state index is 10.6. The van der Waals surface area contributed by atoms with Crippen LogP contribution in [-0.2, 0) is 11.2 Å². The van der Waals surface area contributed by atoms with Gasteiger partial charge in [0.15, 0.2) is 0 Å². The van der Waals surface area contributed by atoms with Crippen molar-refractivity contribution in [3.63, 3.8) is 0 Å². The number of aliphatic carboxylic acids is 1. The van der Waals surface area contributed by atoms with Crippen LogP contribution in [-0.4, -0.2) is 16.2 Å². The van der Waals surface area contributed by atoms with Crippen LogP contribution in [0.25, 0.3) is 0 Å². The molecule has 0 heterocycles. The molecule has 0 radical (unpaired) electrons. The molecule has 0 aromatic heterocycles. The zero-order valence-electron chi connectivity index (χ0n) is 8.89. The number of carboxylic acid groups (broad SMARTS) is 1. The van der Waals surface area contributed by atoms with Crippen LogP contribution in [0.15, 0.2) is 35.9 Å². The molecule has 2 N–H and O–H groups in total. The summed E-state index contributed by atoms with van der Waals surface area (Å²) in [5.41, 5.74) is 2.55. The van der Waals surface area contributed by atoms with Gasteiger partial charge in [0.2, 0.25) is 0 Å². The lowest BCUT2D eigenvalue weighted by atomic mass is 9.98. The van der Waals surface area contributed by atoms with Crippen molar-refractivity contribution in [2.45, 2.75) is 25.4 Å². The molecule has 0 bridgehead atoms. The van der Waals surface area contributed by atoms with Crippen molar-refractivity contribution >= 4 is 5.97 Å². The SMILES string of the molecule is O=C(O)/C=C1\CCCc2ccccc2C1O.